The van der Waals surface area contributed by atoms with Crippen molar-refractivity contribution in [1.29, 1.82) is 0 Å². The van der Waals surface area contributed by atoms with Crippen LogP contribution in [0.4, 0.5) is 8.78 Å². The Morgan fingerprint density at radius 1 is 1.20 bits per heavy atom. The number of benzene rings is 2. The first-order chi connectivity index (χ1) is 14.5. The minimum atomic E-state index is -0.690. The minimum Gasteiger partial charge on any atom is -0.390 e. The van der Waals surface area contributed by atoms with Crippen LogP contribution in [-0.2, 0) is 11.4 Å². The molecule has 0 saturated carbocycles. The Balaban J connectivity index is 1.50. The normalized spacial score (nSPS) is 15.6. The molecule has 1 aliphatic heterocycles. The van der Waals surface area contributed by atoms with Gasteiger partial charge in [0.15, 0.2) is 6.10 Å². The quantitative estimate of drug-likeness (QED) is 0.500. The number of carbonyl (C=O) groups is 1. The standard InChI is InChI=1S/C22H17ClF2N2O2S/c23-16-6-3-14(4-7-16)20-11-18(29-26-20)13-27(22(28)21-2-1-9-30-21)12-15-5-8-17(24)10-19(15)25/h1-10,18H,11-13H2. The molecule has 0 bridgehead atoms. The Hall–Kier alpha value is -2.77. The first-order valence-corrected chi connectivity index (χ1v) is 10.5. The van der Waals surface area contributed by atoms with Crippen LogP contribution in [0.5, 0.6) is 0 Å². The number of hydrogen-bond donors (Lipinski definition) is 0. The molecule has 8 heteroatoms. The second-order valence-corrected chi connectivity index (χ2v) is 8.26. The van der Waals surface area contributed by atoms with Crippen LogP contribution in [0.15, 0.2) is 65.1 Å². The van der Waals surface area contributed by atoms with Crippen LogP contribution in [-0.4, -0.2) is 29.2 Å². The van der Waals surface area contributed by atoms with Gasteiger partial charge in [-0.2, -0.15) is 0 Å². The van der Waals surface area contributed by atoms with Gasteiger partial charge in [-0.25, -0.2) is 8.78 Å². The summed E-state index contributed by atoms with van der Waals surface area (Å²) in [5.41, 5.74) is 1.88. The van der Waals surface area contributed by atoms with Crippen LogP contribution in [0, 0.1) is 11.6 Å². The van der Waals surface area contributed by atoms with Gasteiger partial charge in [0.1, 0.15) is 11.6 Å². The van der Waals surface area contributed by atoms with Crippen molar-refractivity contribution in [3.8, 4) is 0 Å². The fourth-order valence-corrected chi connectivity index (χ4v) is 4.03. The highest BCUT2D eigenvalue weighted by Gasteiger charge is 2.28. The van der Waals surface area contributed by atoms with Crippen LogP contribution >= 0.6 is 22.9 Å². The second-order valence-electron chi connectivity index (χ2n) is 6.88. The van der Waals surface area contributed by atoms with E-state index in [0.717, 1.165) is 17.3 Å². The Bertz CT molecular complexity index is 1070. The summed E-state index contributed by atoms with van der Waals surface area (Å²) in [6, 6.07) is 14.1. The van der Waals surface area contributed by atoms with Crippen LogP contribution in [0.25, 0.3) is 0 Å². The first kappa shape index (κ1) is 20.5. The summed E-state index contributed by atoms with van der Waals surface area (Å²) < 4.78 is 27.5. The van der Waals surface area contributed by atoms with Crippen molar-refractivity contribution >= 4 is 34.6 Å². The number of hydrogen-bond acceptors (Lipinski definition) is 4. The molecular formula is C22H17ClF2N2O2S. The molecule has 30 heavy (non-hydrogen) atoms. The van der Waals surface area contributed by atoms with Gasteiger partial charge in [0.2, 0.25) is 0 Å². The molecule has 0 spiro atoms. The summed E-state index contributed by atoms with van der Waals surface area (Å²) in [5.74, 6) is -1.59. The van der Waals surface area contributed by atoms with E-state index in [1.54, 1.807) is 29.6 Å². The smallest absolute Gasteiger partial charge is 0.264 e. The molecule has 2 heterocycles. The monoisotopic (exact) mass is 446 g/mol. The van der Waals surface area contributed by atoms with Crippen molar-refractivity contribution in [2.45, 2.75) is 19.1 Å². The number of carbonyl (C=O) groups excluding carboxylic acids is 1. The molecular weight excluding hydrogens is 430 g/mol. The zero-order valence-corrected chi connectivity index (χ0v) is 17.3. The molecule has 1 amide bonds. The molecule has 0 aliphatic carbocycles. The van der Waals surface area contributed by atoms with E-state index in [-0.39, 0.29) is 30.7 Å². The number of halogens is 3. The maximum atomic E-state index is 14.2. The van der Waals surface area contributed by atoms with E-state index in [1.165, 1.54) is 28.4 Å². The average molecular weight is 447 g/mol. The Labute approximate surface area is 181 Å². The molecule has 4 nitrogen and oxygen atoms in total. The lowest BCUT2D eigenvalue weighted by atomic mass is 10.0. The Kier molecular flexibility index (Phi) is 6.11. The molecule has 0 radical (unpaired) electrons. The molecule has 154 valence electrons. The van der Waals surface area contributed by atoms with E-state index < -0.39 is 11.6 Å². The van der Waals surface area contributed by atoms with Gasteiger partial charge in [0, 0.05) is 29.6 Å². The highest BCUT2D eigenvalue weighted by molar-refractivity contribution is 7.12. The molecule has 0 saturated heterocycles. The van der Waals surface area contributed by atoms with Crippen molar-refractivity contribution in [2.75, 3.05) is 6.54 Å². The maximum Gasteiger partial charge on any atom is 0.264 e. The van der Waals surface area contributed by atoms with Crippen molar-refractivity contribution in [3.05, 3.63) is 92.6 Å². The van der Waals surface area contributed by atoms with Crippen LogP contribution in [0.1, 0.15) is 27.2 Å². The van der Waals surface area contributed by atoms with Gasteiger partial charge in [-0.15, -0.1) is 11.3 Å². The lowest BCUT2D eigenvalue weighted by Gasteiger charge is -2.24. The van der Waals surface area contributed by atoms with Crippen LogP contribution < -0.4 is 0 Å². The second kappa shape index (κ2) is 8.93. The largest absolute Gasteiger partial charge is 0.390 e. The number of nitrogens with zero attached hydrogens (tertiary/aromatic N) is 2. The number of amides is 1. The Morgan fingerprint density at radius 3 is 2.70 bits per heavy atom. The molecule has 0 fully saturated rings. The maximum absolute atomic E-state index is 14.2. The van der Waals surface area contributed by atoms with E-state index in [4.69, 9.17) is 16.4 Å². The van der Waals surface area contributed by atoms with Gasteiger partial charge in [-0.3, -0.25) is 4.79 Å². The highest BCUT2D eigenvalue weighted by Crippen LogP contribution is 2.22. The molecule has 3 aromatic rings. The molecule has 0 N–H and O–H groups in total. The fourth-order valence-electron chi connectivity index (χ4n) is 3.22. The van der Waals surface area contributed by atoms with Gasteiger partial charge in [0.25, 0.3) is 5.91 Å². The summed E-state index contributed by atoms with van der Waals surface area (Å²) >= 11 is 7.24. The number of thiophene rings is 1. The lowest BCUT2D eigenvalue weighted by molar-refractivity contribution is 0.0406. The van der Waals surface area contributed by atoms with Crippen molar-refractivity contribution in [2.24, 2.45) is 5.16 Å². The Morgan fingerprint density at radius 2 is 2.00 bits per heavy atom. The van der Waals surface area contributed by atoms with E-state index in [0.29, 0.717) is 16.3 Å². The van der Waals surface area contributed by atoms with E-state index >= 15 is 0 Å². The minimum absolute atomic E-state index is 0.00101. The molecule has 2 aromatic carbocycles. The van der Waals surface area contributed by atoms with Crippen molar-refractivity contribution in [3.63, 3.8) is 0 Å². The summed E-state index contributed by atoms with van der Waals surface area (Å²) in [4.78, 5) is 20.6. The van der Waals surface area contributed by atoms with Crippen molar-refractivity contribution in [1.82, 2.24) is 4.90 Å². The fraction of sp³-hybridized carbons (Fsp3) is 0.182. The topological polar surface area (TPSA) is 41.9 Å². The number of oxime groups is 1. The predicted molar refractivity (Wildman–Crippen MR) is 113 cm³/mol. The van der Waals surface area contributed by atoms with Crippen molar-refractivity contribution < 1.29 is 18.4 Å². The SMILES string of the molecule is O=C(c1cccs1)N(Cc1ccc(F)cc1F)CC1CC(c2ccc(Cl)cc2)=NO1. The van der Waals surface area contributed by atoms with Gasteiger partial charge in [-0.05, 0) is 35.2 Å². The van der Waals surface area contributed by atoms with Gasteiger partial charge < -0.3 is 9.74 Å². The predicted octanol–water partition coefficient (Wildman–Crippen LogP) is 5.52. The molecule has 4 rings (SSSR count). The summed E-state index contributed by atoms with van der Waals surface area (Å²) in [5, 5.41) is 6.57. The zero-order valence-electron chi connectivity index (χ0n) is 15.7. The average Bonchev–Trinajstić information content (AvgIpc) is 3.42. The van der Waals surface area contributed by atoms with Gasteiger partial charge in [0.05, 0.1) is 17.1 Å². The first-order valence-electron chi connectivity index (χ1n) is 9.25. The van der Waals surface area contributed by atoms with E-state index in [9.17, 15) is 13.6 Å². The molecule has 1 atom stereocenters. The van der Waals surface area contributed by atoms with E-state index in [1.807, 2.05) is 12.1 Å². The summed E-state index contributed by atoms with van der Waals surface area (Å²) in [6.07, 6.45) is 0.130. The summed E-state index contributed by atoms with van der Waals surface area (Å²) in [7, 11) is 0. The third kappa shape index (κ3) is 4.68. The van der Waals surface area contributed by atoms with E-state index in [2.05, 4.69) is 5.16 Å². The number of rotatable bonds is 6. The van der Waals surface area contributed by atoms with Crippen LogP contribution in [0.2, 0.25) is 5.02 Å². The molecule has 1 unspecified atom stereocenters. The highest BCUT2D eigenvalue weighted by atomic mass is 35.5. The molecule has 1 aliphatic rings. The zero-order chi connectivity index (χ0) is 21.1. The van der Waals surface area contributed by atoms with Crippen LogP contribution in [0.3, 0.4) is 0 Å². The third-order valence-corrected chi connectivity index (χ3v) is 5.84. The third-order valence-electron chi connectivity index (χ3n) is 4.73. The molecule has 1 aromatic heterocycles. The summed E-state index contributed by atoms with van der Waals surface area (Å²) in [6.45, 7) is 0.215. The van der Waals surface area contributed by atoms with Gasteiger partial charge >= 0.3 is 0 Å². The lowest BCUT2D eigenvalue weighted by Crippen LogP contribution is -2.37. The van der Waals surface area contributed by atoms with Gasteiger partial charge in [-0.1, -0.05) is 41.0 Å².